The Balaban J connectivity index is 2.28. The molecule has 0 amide bonds. The second-order valence-corrected chi connectivity index (χ2v) is 4.55. The molecule has 0 saturated carbocycles. The molecule has 4 heteroatoms. The topological polar surface area (TPSA) is 48.1 Å². The number of nitrogens with two attached hydrogens (primary N) is 1. The molecule has 1 aromatic heterocycles. The maximum absolute atomic E-state index is 5.80. The zero-order chi connectivity index (χ0) is 12.3. The lowest BCUT2D eigenvalue weighted by atomic mass is 10.2. The molecule has 17 heavy (non-hydrogen) atoms. The lowest BCUT2D eigenvalue weighted by Gasteiger charge is -2.10. The van der Waals surface area contributed by atoms with E-state index in [-0.39, 0.29) is 0 Å². The summed E-state index contributed by atoms with van der Waals surface area (Å²) in [5.74, 6) is 1.55. The van der Waals surface area contributed by atoms with Crippen LogP contribution in [0.4, 0.5) is 0 Å². The van der Waals surface area contributed by atoms with E-state index in [2.05, 4.69) is 20.9 Å². The fourth-order valence-corrected chi connectivity index (χ4v) is 1.72. The van der Waals surface area contributed by atoms with Crippen LogP contribution < -0.4 is 10.5 Å². The van der Waals surface area contributed by atoms with Crippen molar-refractivity contribution in [1.82, 2.24) is 4.98 Å². The first kappa shape index (κ1) is 12.1. The summed E-state index contributed by atoms with van der Waals surface area (Å²) in [6.45, 7) is 2.44. The smallest absolute Gasteiger partial charge is 0.134 e. The fraction of sp³-hybridized carbons (Fsp3) is 0.154. The number of nitrogens with zero attached hydrogens (tertiary/aromatic N) is 1. The summed E-state index contributed by atoms with van der Waals surface area (Å²) in [7, 11) is 0. The minimum Gasteiger partial charge on any atom is -0.457 e. The summed E-state index contributed by atoms with van der Waals surface area (Å²) in [4.78, 5) is 4.02. The van der Waals surface area contributed by atoms with Gasteiger partial charge in [0.15, 0.2) is 0 Å². The summed E-state index contributed by atoms with van der Waals surface area (Å²) in [6, 6.07) is 7.68. The van der Waals surface area contributed by atoms with Crippen molar-refractivity contribution in [2.75, 3.05) is 0 Å². The van der Waals surface area contributed by atoms with Gasteiger partial charge in [-0.3, -0.25) is 4.98 Å². The Hall–Kier alpha value is -1.39. The Morgan fingerprint density at radius 2 is 2.18 bits per heavy atom. The van der Waals surface area contributed by atoms with E-state index in [0.29, 0.717) is 6.54 Å². The van der Waals surface area contributed by atoms with Crippen LogP contribution in [0.3, 0.4) is 0 Å². The molecule has 0 saturated heterocycles. The number of rotatable bonds is 3. The van der Waals surface area contributed by atoms with Gasteiger partial charge in [0.2, 0.25) is 0 Å². The van der Waals surface area contributed by atoms with Crippen molar-refractivity contribution in [3.05, 3.63) is 52.3 Å². The Labute approximate surface area is 109 Å². The summed E-state index contributed by atoms with van der Waals surface area (Å²) in [5.41, 5.74) is 7.66. The maximum atomic E-state index is 5.80. The van der Waals surface area contributed by atoms with E-state index < -0.39 is 0 Å². The molecule has 2 N–H and O–H groups in total. The van der Waals surface area contributed by atoms with Gasteiger partial charge in [0.25, 0.3) is 0 Å². The number of aromatic nitrogens is 1. The predicted molar refractivity (Wildman–Crippen MR) is 71.1 cm³/mol. The molecule has 0 radical (unpaired) electrons. The number of hydrogen-bond acceptors (Lipinski definition) is 3. The van der Waals surface area contributed by atoms with Gasteiger partial charge in [-0.05, 0) is 36.8 Å². The fourth-order valence-electron chi connectivity index (χ4n) is 1.47. The average Bonchev–Trinajstić information content (AvgIpc) is 2.34. The molecule has 1 heterocycles. The third-order valence-electron chi connectivity index (χ3n) is 2.44. The summed E-state index contributed by atoms with van der Waals surface area (Å²) < 4.78 is 6.86. The number of pyridine rings is 1. The molecule has 2 rings (SSSR count). The largest absolute Gasteiger partial charge is 0.457 e. The van der Waals surface area contributed by atoms with Crippen molar-refractivity contribution in [3.63, 3.8) is 0 Å². The molecule has 0 aliphatic rings. The van der Waals surface area contributed by atoms with E-state index in [4.69, 9.17) is 10.5 Å². The van der Waals surface area contributed by atoms with E-state index in [1.807, 2.05) is 31.2 Å². The van der Waals surface area contributed by atoms with Crippen molar-refractivity contribution in [2.45, 2.75) is 13.5 Å². The lowest BCUT2D eigenvalue weighted by molar-refractivity contribution is 0.475. The molecule has 3 nitrogen and oxygen atoms in total. The Bertz CT molecular complexity index is 529. The van der Waals surface area contributed by atoms with Gasteiger partial charge >= 0.3 is 0 Å². The van der Waals surface area contributed by atoms with Gasteiger partial charge in [-0.15, -0.1) is 0 Å². The van der Waals surface area contributed by atoms with Crippen LogP contribution in [0.15, 0.2) is 41.1 Å². The first-order chi connectivity index (χ1) is 8.20. The molecule has 0 aliphatic heterocycles. The average molecular weight is 293 g/mol. The third-order valence-corrected chi connectivity index (χ3v) is 3.33. The van der Waals surface area contributed by atoms with Crippen molar-refractivity contribution in [3.8, 4) is 11.5 Å². The van der Waals surface area contributed by atoms with E-state index in [1.54, 1.807) is 12.4 Å². The van der Waals surface area contributed by atoms with Crippen LogP contribution in [-0.2, 0) is 6.54 Å². The molecule has 0 aliphatic carbocycles. The van der Waals surface area contributed by atoms with E-state index >= 15 is 0 Å². The van der Waals surface area contributed by atoms with Crippen molar-refractivity contribution >= 4 is 15.9 Å². The van der Waals surface area contributed by atoms with Crippen LogP contribution in [0.1, 0.15) is 11.1 Å². The third kappa shape index (κ3) is 2.84. The normalized spacial score (nSPS) is 10.3. The van der Waals surface area contributed by atoms with Gasteiger partial charge in [-0.1, -0.05) is 15.9 Å². The predicted octanol–water partition coefficient (Wildman–Crippen LogP) is 3.40. The zero-order valence-corrected chi connectivity index (χ0v) is 11.1. The summed E-state index contributed by atoms with van der Waals surface area (Å²) in [6.07, 6.45) is 3.42. The molecule has 0 fully saturated rings. The molecule has 2 aromatic rings. The molecular formula is C13H13BrN2O. The maximum Gasteiger partial charge on any atom is 0.134 e. The number of aryl methyl sites for hydroxylation is 1. The number of halogens is 1. The minimum atomic E-state index is 0.415. The van der Waals surface area contributed by atoms with Crippen LogP contribution in [-0.4, -0.2) is 4.98 Å². The van der Waals surface area contributed by atoms with Crippen LogP contribution in [0.5, 0.6) is 11.5 Å². The first-order valence-corrected chi connectivity index (χ1v) is 6.07. The van der Waals surface area contributed by atoms with Gasteiger partial charge in [-0.25, -0.2) is 0 Å². The van der Waals surface area contributed by atoms with Crippen LogP contribution in [0.25, 0.3) is 0 Å². The zero-order valence-electron chi connectivity index (χ0n) is 9.48. The SMILES string of the molecule is Cc1cc(Oc2ccncc2CN)ccc1Br. The van der Waals surface area contributed by atoms with Crippen LogP contribution in [0, 0.1) is 6.92 Å². The highest BCUT2D eigenvalue weighted by Gasteiger charge is 2.04. The summed E-state index contributed by atoms with van der Waals surface area (Å²) >= 11 is 3.46. The Morgan fingerprint density at radius 1 is 1.35 bits per heavy atom. The molecular weight excluding hydrogens is 280 g/mol. The number of benzene rings is 1. The number of ether oxygens (including phenoxy) is 1. The number of hydrogen-bond donors (Lipinski definition) is 1. The van der Waals surface area contributed by atoms with Gasteiger partial charge in [0.1, 0.15) is 11.5 Å². The second kappa shape index (κ2) is 5.29. The molecule has 0 unspecified atom stereocenters. The second-order valence-electron chi connectivity index (χ2n) is 3.70. The van der Waals surface area contributed by atoms with Gasteiger partial charge in [-0.2, -0.15) is 0 Å². The first-order valence-electron chi connectivity index (χ1n) is 5.27. The molecule has 88 valence electrons. The highest BCUT2D eigenvalue weighted by Crippen LogP contribution is 2.27. The van der Waals surface area contributed by atoms with Crippen molar-refractivity contribution < 1.29 is 4.74 Å². The Morgan fingerprint density at radius 3 is 2.88 bits per heavy atom. The van der Waals surface area contributed by atoms with Crippen molar-refractivity contribution in [2.24, 2.45) is 5.73 Å². The highest BCUT2D eigenvalue weighted by molar-refractivity contribution is 9.10. The summed E-state index contributed by atoms with van der Waals surface area (Å²) in [5, 5.41) is 0. The molecule has 0 atom stereocenters. The molecule has 0 bridgehead atoms. The van der Waals surface area contributed by atoms with Crippen LogP contribution in [0.2, 0.25) is 0 Å². The molecule has 1 aromatic carbocycles. The van der Waals surface area contributed by atoms with E-state index in [1.165, 1.54) is 0 Å². The minimum absolute atomic E-state index is 0.415. The quantitative estimate of drug-likeness (QED) is 0.943. The Kier molecular flexibility index (Phi) is 3.76. The van der Waals surface area contributed by atoms with Gasteiger partial charge in [0.05, 0.1) is 0 Å². The van der Waals surface area contributed by atoms with E-state index in [9.17, 15) is 0 Å². The highest BCUT2D eigenvalue weighted by atomic mass is 79.9. The van der Waals surface area contributed by atoms with Crippen LogP contribution >= 0.6 is 15.9 Å². The molecule has 0 spiro atoms. The monoisotopic (exact) mass is 292 g/mol. The van der Waals surface area contributed by atoms with Gasteiger partial charge in [0, 0.05) is 29.0 Å². The van der Waals surface area contributed by atoms with Gasteiger partial charge < -0.3 is 10.5 Å². The van der Waals surface area contributed by atoms with Crippen molar-refractivity contribution in [1.29, 1.82) is 0 Å². The van der Waals surface area contributed by atoms with E-state index in [0.717, 1.165) is 27.1 Å². The standard InChI is InChI=1S/C13H13BrN2O/c1-9-6-11(2-3-12(9)14)17-13-4-5-16-8-10(13)7-15/h2-6,8H,7,15H2,1H3. The lowest BCUT2D eigenvalue weighted by Crippen LogP contribution is -2.00.